The van der Waals surface area contributed by atoms with Crippen molar-refractivity contribution in [2.45, 2.75) is 25.0 Å². The van der Waals surface area contributed by atoms with Gasteiger partial charge in [-0.3, -0.25) is 4.79 Å². The summed E-state index contributed by atoms with van der Waals surface area (Å²) in [6.07, 6.45) is 0. The van der Waals surface area contributed by atoms with E-state index in [0.29, 0.717) is 11.0 Å². The van der Waals surface area contributed by atoms with Gasteiger partial charge in [0.2, 0.25) is 11.1 Å². The van der Waals surface area contributed by atoms with Crippen molar-refractivity contribution in [2.75, 3.05) is 11.6 Å². The van der Waals surface area contributed by atoms with Crippen molar-refractivity contribution in [3.05, 3.63) is 77.9 Å². The molecule has 0 saturated heterocycles. The zero-order valence-electron chi connectivity index (χ0n) is 16.9. The molecule has 30 heavy (non-hydrogen) atoms. The van der Waals surface area contributed by atoms with Gasteiger partial charge < -0.3 is 11.2 Å². The second kappa shape index (κ2) is 8.59. The number of thioether (sulfide) groups is 1. The molecule has 0 saturated carbocycles. The van der Waals surface area contributed by atoms with Crippen LogP contribution in [0.1, 0.15) is 24.1 Å². The van der Waals surface area contributed by atoms with Gasteiger partial charge in [0.15, 0.2) is 5.82 Å². The zero-order chi connectivity index (χ0) is 21.1. The quantitative estimate of drug-likeness (QED) is 0.365. The summed E-state index contributed by atoms with van der Waals surface area (Å²) in [5.41, 5.74) is 3.14. The molecule has 7 heteroatoms. The summed E-state index contributed by atoms with van der Waals surface area (Å²) in [6.45, 7) is 4.02. The summed E-state index contributed by atoms with van der Waals surface area (Å²) >= 11 is 1.27. The smallest absolute Gasteiger partial charge is 0.230 e. The van der Waals surface area contributed by atoms with Gasteiger partial charge in [-0.05, 0) is 30.2 Å². The van der Waals surface area contributed by atoms with Crippen LogP contribution < -0.4 is 11.2 Å². The summed E-state index contributed by atoms with van der Waals surface area (Å²) in [5, 5.41) is 14.2. The molecule has 0 aliphatic carbocycles. The fourth-order valence-corrected chi connectivity index (χ4v) is 4.06. The van der Waals surface area contributed by atoms with E-state index < -0.39 is 0 Å². The van der Waals surface area contributed by atoms with Gasteiger partial charge in [0.1, 0.15) is 0 Å². The Labute approximate surface area is 179 Å². The van der Waals surface area contributed by atoms with Crippen molar-refractivity contribution in [3.8, 4) is 11.4 Å². The number of carbonyl (C=O) groups is 1. The molecule has 0 aliphatic rings. The van der Waals surface area contributed by atoms with Gasteiger partial charge >= 0.3 is 0 Å². The van der Waals surface area contributed by atoms with Crippen LogP contribution in [0.4, 0.5) is 0 Å². The number of fused-ring (bicyclic) bond motifs is 1. The van der Waals surface area contributed by atoms with E-state index in [0.717, 1.165) is 27.5 Å². The number of hydrogen-bond acceptors (Lipinski definition) is 5. The third-order valence-corrected chi connectivity index (χ3v) is 5.92. The molecule has 1 heterocycles. The lowest BCUT2D eigenvalue weighted by Crippen LogP contribution is -2.28. The standard InChI is InChI=1S/C23H23N5OS/c1-15-10-12-18(13-11-15)22-26-27-23(28(22)24)30-14-21(29)25-16(2)19-9-5-7-17-6-3-4-8-20(17)19/h3-13,16H,14,24H2,1-2H3,(H,25,29)/t16-/m1/s1. The van der Waals surface area contributed by atoms with Crippen molar-refractivity contribution >= 4 is 28.4 Å². The lowest BCUT2D eigenvalue weighted by Gasteiger charge is -2.16. The molecule has 0 fully saturated rings. The average molecular weight is 418 g/mol. The van der Waals surface area contributed by atoms with E-state index >= 15 is 0 Å². The summed E-state index contributed by atoms with van der Waals surface area (Å²) in [7, 11) is 0. The maximum atomic E-state index is 12.5. The molecule has 3 aromatic carbocycles. The highest BCUT2D eigenvalue weighted by Gasteiger charge is 2.16. The number of rotatable bonds is 6. The first-order chi connectivity index (χ1) is 14.5. The lowest BCUT2D eigenvalue weighted by atomic mass is 10.00. The maximum absolute atomic E-state index is 12.5. The molecule has 4 rings (SSSR count). The van der Waals surface area contributed by atoms with Crippen molar-refractivity contribution in [3.63, 3.8) is 0 Å². The van der Waals surface area contributed by atoms with Crippen molar-refractivity contribution in [1.82, 2.24) is 20.2 Å². The molecular weight excluding hydrogens is 394 g/mol. The van der Waals surface area contributed by atoms with Crippen LogP contribution in [0, 0.1) is 6.92 Å². The molecule has 0 spiro atoms. The molecule has 1 aromatic heterocycles. The largest absolute Gasteiger partial charge is 0.349 e. The van der Waals surface area contributed by atoms with E-state index in [-0.39, 0.29) is 17.7 Å². The lowest BCUT2D eigenvalue weighted by molar-refractivity contribution is -0.119. The Morgan fingerprint density at radius 2 is 1.80 bits per heavy atom. The fourth-order valence-electron chi connectivity index (χ4n) is 3.39. The topological polar surface area (TPSA) is 85.8 Å². The first-order valence-electron chi connectivity index (χ1n) is 9.70. The van der Waals surface area contributed by atoms with Crippen molar-refractivity contribution < 1.29 is 4.79 Å². The van der Waals surface area contributed by atoms with Gasteiger partial charge in [0, 0.05) is 5.56 Å². The molecule has 4 aromatic rings. The van der Waals surface area contributed by atoms with E-state index in [1.165, 1.54) is 16.4 Å². The number of nitrogens with one attached hydrogen (secondary N) is 1. The Morgan fingerprint density at radius 1 is 1.07 bits per heavy atom. The van der Waals surface area contributed by atoms with Crippen molar-refractivity contribution in [1.29, 1.82) is 0 Å². The van der Waals surface area contributed by atoms with Crippen LogP contribution in [0.15, 0.2) is 71.9 Å². The van der Waals surface area contributed by atoms with Gasteiger partial charge in [-0.1, -0.05) is 84.1 Å². The van der Waals surface area contributed by atoms with E-state index in [9.17, 15) is 4.79 Å². The first-order valence-corrected chi connectivity index (χ1v) is 10.7. The second-order valence-corrected chi connectivity index (χ2v) is 8.13. The number of carbonyl (C=O) groups excluding carboxylic acids is 1. The van der Waals surface area contributed by atoms with Crippen LogP contribution in [-0.4, -0.2) is 26.5 Å². The number of nitrogens with zero attached hydrogens (tertiary/aromatic N) is 3. The van der Waals surface area contributed by atoms with E-state index in [2.05, 4.69) is 33.7 Å². The predicted octanol–water partition coefficient (Wildman–Crippen LogP) is 4.09. The van der Waals surface area contributed by atoms with Gasteiger partial charge in [-0.25, -0.2) is 4.68 Å². The van der Waals surface area contributed by atoms with Gasteiger partial charge in [0.25, 0.3) is 0 Å². The minimum absolute atomic E-state index is 0.0830. The van der Waals surface area contributed by atoms with E-state index in [1.807, 2.05) is 62.4 Å². The number of aryl methyl sites for hydroxylation is 1. The second-order valence-electron chi connectivity index (χ2n) is 7.19. The Morgan fingerprint density at radius 3 is 2.60 bits per heavy atom. The van der Waals surface area contributed by atoms with Crippen LogP contribution in [0.5, 0.6) is 0 Å². The highest BCUT2D eigenvalue weighted by molar-refractivity contribution is 7.99. The van der Waals surface area contributed by atoms with Crippen LogP contribution in [0.2, 0.25) is 0 Å². The molecule has 152 valence electrons. The monoisotopic (exact) mass is 417 g/mol. The predicted molar refractivity (Wildman–Crippen MR) is 122 cm³/mol. The van der Waals surface area contributed by atoms with Crippen molar-refractivity contribution in [2.24, 2.45) is 0 Å². The third-order valence-electron chi connectivity index (χ3n) is 4.97. The number of nitrogens with two attached hydrogens (primary N) is 1. The highest BCUT2D eigenvalue weighted by atomic mass is 32.2. The molecule has 0 aliphatic heterocycles. The maximum Gasteiger partial charge on any atom is 0.230 e. The molecular formula is C23H23N5OS. The Bertz CT molecular complexity index is 1180. The van der Waals surface area contributed by atoms with E-state index in [1.54, 1.807) is 0 Å². The minimum atomic E-state index is -0.108. The molecule has 0 unspecified atom stereocenters. The molecule has 1 amide bonds. The molecule has 6 nitrogen and oxygen atoms in total. The normalized spacial score (nSPS) is 12.1. The summed E-state index contributed by atoms with van der Waals surface area (Å²) in [6, 6.07) is 22.1. The third kappa shape index (κ3) is 4.16. The Kier molecular flexibility index (Phi) is 5.72. The number of hydrogen-bond donors (Lipinski definition) is 2. The van der Waals surface area contributed by atoms with Crippen LogP contribution in [0.25, 0.3) is 22.2 Å². The Hall–Kier alpha value is -3.32. The summed E-state index contributed by atoms with van der Waals surface area (Å²) in [5.74, 6) is 6.85. The molecule has 0 bridgehead atoms. The number of aromatic nitrogens is 3. The summed E-state index contributed by atoms with van der Waals surface area (Å²) in [4.78, 5) is 12.5. The summed E-state index contributed by atoms with van der Waals surface area (Å²) < 4.78 is 1.43. The molecule has 3 N–H and O–H groups in total. The molecule has 0 radical (unpaired) electrons. The molecule has 1 atom stereocenters. The van der Waals surface area contributed by atoms with Crippen LogP contribution >= 0.6 is 11.8 Å². The number of nitrogen functional groups attached to an aromatic ring is 1. The van der Waals surface area contributed by atoms with E-state index in [4.69, 9.17) is 5.84 Å². The van der Waals surface area contributed by atoms with Gasteiger partial charge in [0.05, 0.1) is 11.8 Å². The van der Waals surface area contributed by atoms with Gasteiger partial charge in [-0.15, -0.1) is 10.2 Å². The Balaban J connectivity index is 1.41. The zero-order valence-corrected chi connectivity index (χ0v) is 17.7. The number of benzene rings is 3. The SMILES string of the molecule is Cc1ccc(-c2nnc(SCC(=O)N[C@H](C)c3cccc4ccccc34)n2N)cc1. The fraction of sp³-hybridized carbons (Fsp3) is 0.174. The minimum Gasteiger partial charge on any atom is -0.349 e. The number of amides is 1. The van der Waals surface area contributed by atoms with Crippen LogP contribution in [-0.2, 0) is 4.79 Å². The van der Waals surface area contributed by atoms with Crippen LogP contribution in [0.3, 0.4) is 0 Å². The average Bonchev–Trinajstić information content (AvgIpc) is 3.12. The van der Waals surface area contributed by atoms with Gasteiger partial charge in [-0.2, -0.15) is 0 Å². The highest BCUT2D eigenvalue weighted by Crippen LogP contribution is 2.25. The first kappa shape index (κ1) is 20.0.